The minimum absolute atomic E-state index is 0.582. The van der Waals surface area contributed by atoms with E-state index in [9.17, 15) is 0 Å². The quantitative estimate of drug-likeness (QED) is 0.869. The molecule has 1 aromatic heterocycles. The number of ether oxygens (including phenoxy) is 1. The van der Waals surface area contributed by atoms with Crippen molar-refractivity contribution in [2.75, 3.05) is 13.2 Å². The molecule has 1 aliphatic carbocycles. The van der Waals surface area contributed by atoms with Gasteiger partial charge in [0.1, 0.15) is 12.2 Å². The summed E-state index contributed by atoms with van der Waals surface area (Å²) < 4.78 is 7.65. The van der Waals surface area contributed by atoms with Crippen molar-refractivity contribution in [2.45, 2.75) is 38.5 Å². The number of rotatable bonds is 3. The molecule has 2 aliphatic rings. The zero-order valence-electron chi connectivity index (χ0n) is 12.3. The Balaban J connectivity index is 1.64. The molecule has 2 heterocycles. The summed E-state index contributed by atoms with van der Waals surface area (Å²) in [4.78, 5) is 4.51. The Morgan fingerprint density at radius 3 is 3.14 bits per heavy atom. The molecule has 0 N–H and O–H groups in total. The third kappa shape index (κ3) is 2.48. The molecular formula is C17H21N3O. The Morgan fingerprint density at radius 1 is 1.24 bits per heavy atom. The van der Waals surface area contributed by atoms with Gasteiger partial charge >= 0.3 is 0 Å². The van der Waals surface area contributed by atoms with Gasteiger partial charge in [0.15, 0.2) is 0 Å². The summed E-state index contributed by atoms with van der Waals surface area (Å²) in [5.74, 6) is 1.66. The van der Waals surface area contributed by atoms with Gasteiger partial charge in [-0.25, -0.2) is 9.67 Å². The fourth-order valence-corrected chi connectivity index (χ4v) is 3.63. The van der Waals surface area contributed by atoms with Crippen molar-refractivity contribution < 1.29 is 4.74 Å². The highest BCUT2D eigenvalue weighted by molar-refractivity contribution is 5.48. The van der Waals surface area contributed by atoms with E-state index in [0.29, 0.717) is 5.92 Å². The summed E-state index contributed by atoms with van der Waals surface area (Å²) in [6.07, 6.45) is 8.67. The summed E-state index contributed by atoms with van der Waals surface area (Å²) in [7, 11) is 0. The number of hydrogen-bond acceptors (Lipinski definition) is 3. The van der Waals surface area contributed by atoms with Gasteiger partial charge in [0.05, 0.1) is 5.69 Å². The van der Waals surface area contributed by atoms with Crippen LogP contribution in [0.1, 0.15) is 36.2 Å². The van der Waals surface area contributed by atoms with Crippen molar-refractivity contribution in [3.05, 3.63) is 41.5 Å². The molecule has 110 valence electrons. The molecule has 2 aromatic rings. The first-order valence-electron chi connectivity index (χ1n) is 7.99. The second-order valence-corrected chi connectivity index (χ2v) is 6.14. The molecule has 0 spiro atoms. The van der Waals surface area contributed by atoms with Crippen LogP contribution in [0.15, 0.2) is 24.5 Å². The highest BCUT2D eigenvalue weighted by atomic mass is 16.5. The van der Waals surface area contributed by atoms with Crippen LogP contribution in [0, 0.1) is 5.92 Å². The van der Waals surface area contributed by atoms with Gasteiger partial charge in [0, 0.05) is 19.6 Å². The van der Waals surface area contributed by atoms with Crippen LogP contribution < -0.4 is 0 Å². The van der Waals surface area contributed by atoms with Crippen LogP contribution in [0.25, 0.3) is 5.69 Å². The molecule has 4 nitrogen and oxygen atoms in total. The lowest BCUT2D eigenvalue weighted by Crippen LogP contribution is -2.21. The van der Waals surface area contributed by atoms with Crippen LogP contribution in [0.2, 0.25) is 0 Å². The van der Waals surface area contributed by atoms with Crippen LogP contribution in [0.4, 0.5) is 0 Å². The van der Waals surface area contributed by atoms with Crippen molar-refractivity contribution in [2.24, 2.45) is 5.92 Å². The van der Waals surface area contributed by atoms with E-state index in [-0.39, 0.29) is 0 Å². The van der Waals surface area contributed by atoms with Gasteiger partial charge in [-0.2, -0.15) is 5.10 Å². The lowest BCUT2D eigenvalue weighted by Gasteiger charge is -2.21. The Labute approximate surface area is 125 Å². The maximum atomic E-state index is 5.59. The topological polar surface area (TPSA) is 39.9 Å². The fraction of sp³-hybridized carbons (Fsp3) is 0.529. The molecule has 4 heteroatoms. The molecule has 0 radical (unpaired) electrons. The third-order valence-corrected chi connectivity index (χ3v) is 4.69. The molecule has 4 rings (SSSR count). The van der Waals surface area contributed by atoms with E-state index >= 15 is 0 Å². The van der Waals surface area contributed by atoms with Crippen molar-refractivity contribution in [1.29, 1.82) is 0 Å². The molecule has 1 aliphatic heterocycles. The van der Waals surface area contributed by atoms with Crippen LogP contribution in [0.5, 0.6) is 0 Å². The molecule has 0 amide bonds. The van der Waals surface area contributed by atoms with E-state index in [1.807, 2.05) is 0 Å². The predicted molar refractivity (Wildman–Crippen MR) is 80.6 cm³/mol. The van der Waals surface area contributed by atoms with E-state index < -0.39 is 0 Å². The highest BCUT2D eigenvalue weighted by Gasteiger charge is 2.21. The summed E-state index contributed by atoms with van der Waals surface area (Å²) in [5.41, 5.74) is 4.17. The molecule has 0 unspecified atom stereocenters. The SMILES string of the molecule is c1cc2c(c(-n3ncnc3C[C@@H]3CCCOC3)c1)CCC2. The van der Waals surface area contributed by atoms with Crippen LogP contribution in [-0.4, -0.2) is 28.0 Å². The first kappa shape index (κ1) is 13.0. The average molecular weight is 283 g/mol. The van der Waals surface area contributed by atoms with Gasteiger partial charge in [-0.15, -0.1) is 0 Å². The van der Waals surface area contributed by atoms with Crippen molar-refractivity contribution >= 4 is 0 Å². The number of fused-ring (bicyclic) bond motifs is 1. The second-order valence-electron chi connectivity index (χ2n) is 6.14. The third-order valence-electron chi connectivity index (χ3n) is 4.69. The predicted octanol–water partition coefficient (Wildman–Crippen LogP) is 2.73. The normalized spacial score (nSPS) is 21.4. The molecule has 0 bridgehead atoms. The molecular weight excluding hydrogens is 262 g/mol. The van der Waals surface area contributed by atoms with E-state index in [1.54, 1.807) is 6.33 Å². The smallest absolute Gasteiger partial charge is 0.138 e. The molecule has 21 heavy (non-hydrogen) atoms. The lowest BCUT2D eigenvalue weighted by molar-refractivity contribution is 0.0541. The maximum absolute atomic E-state index is 5.59. The maximum Gasteiger partial charge on any atom is 0.138 e. The molecule has 1 atom stereocenters. The second kappa shape index (κ2) is 5.60. The first-order chi connectivity index (χ1) is 10.4. The number of nitrogens with zero attached hydrogens (tertiary/aromatic N) is 3. The Hall–Kier alpha value is -1.68. The van der Waals surface area contributed by atoms with Gasteiger partial charge < -0.3 is 4.74 Å². The first-order valence-corrected chi connectivity index (χ1v) is 7.99. The zero-order valence-corrected chi connectivity index (χ0v) is 12.3. The van der Waals surface area contributed by atoms with Crippen LogP contribution in [-0.2, 0) is 24.0 Å². The summed E-state index contributed by atoms with van der Waals surface area (Å²) in [5, 5.41) is 4.49. The molecule has 0 saturated carbocycles. The van der Waals surface area contributed by atoms with Crippen molar-refractivity contribution in [3.8, 4) is 5.69 Å². The zero-order chi connectivity index (χ0) is 14.1. The van der Waals surface area contributed by atoms with Gasteiger partial charge in [0.25, 0.3) is 0 Å². The molecule has 1 saturated heterocycles. The lowest BCUT2D eigenvalue weighted by atomic mass is 9.98. The minimum Gasteiger partial charge on any atom is -0.381 e. The van der Waals surface area contributed by atoms with E-state index in [1.165, 1.54) is 42.5 Å². The number of aromatic nitrogens is 3. The van der Waals surface area contributed by atoms with Gasteiger partial charge in [-0.3, -0.25) is 0 Å². The van der Waals surface area contributed by atoms with E-state index in [0.717, 1.165) is 31.9 Å². The molecule has 1 aromatic carbocycles. The van der Waals surface area contributed by atoms with E-state index in [2.05, 4.69) is 33.0 Å². The largest absolute Gasteiger partial charge is 0.381 e. The average Bonchev–Trinajstić information content (AvgIpc) is 3.16. The van der Waals surface area contributed by atoms with Crippen LogP contribution >= 0.6 is 0 Å². The van der Waals surface area contributed by atoms with Gasteiger partial charge in [-0.1, -0.05) is 12.1 Å². The Morgan fingerprint density at radius 2 is 2.24 bits per heavy atom. The fourth-order valence-electron chi connectivity index (χ4n) is 3.63. The summed E-state index contributed by atoms with van der Waals surface area (Å²) in [6.45, 7) is 1.77. The monoisotopic (exact) mass is 283 g/mol. The van der Waals surface area contributed by atoms with Gasteiger partial charge in [-0.05, 0) is 55.2 Å². The number of hydrogen-bond donors (Lipinski definition) is 0. The Bertz CT molecular complexity index is 629. The van der Waals surface area contributed by atoms with Crippen molar-refractivity contribution in [3.63, 3.8) is 0 Å². The van der Waals surface area contributed by atoms with Crippen LogP contribution in [0.3, 0.4) is 0 Å². The van der Waals surface area contributed by atoms with E-state index in [4.69, 9.17) is 4.74 Å². The summed E-state index contributed by atoms with van der Waals surface area (Å²) >= 11 is 0. The number of aryl methyl sites for hydroxylation is 1. The minimum atomic E-state index is 0.582. The molecule has 1 fully saturated rings. The standard InChI is InChI=1S/C17H21N3O/c1-5-14-6-2-8-16(15(14)7-1)20-17(18-12-19-20)10-13-4-3-9-21-11-13/h2,6,8,12-13H,1,3-5,7,9-11H2/t13-/m0/s1. The van der Waals surface area contributed by atoms with Gasteiger partial charge in [0.2, 0.25) is 0 Å². The highest BCUT2D eigenvalue weighted by Crippen LogP contribution is 2.28. The van der Waals surface area contributed by atoms with Crippen molar-refractivity contribution in [1.82, 2.24) is 14.8 Å². The number of benzene rings is 1. The summed E-state index contributed by atoms with van der Waals surface area (Å²) in [6, 6.07) is 6.58. The Kier molecular flexibility index (Phi) is 3.47.